The molecule has 1 heterocycles. The fourth-order valence-corrected chi connectivity index (χ4v) is 2.78. The van der Waals surface area contributed by atoms with E-state index in [2.05, 4.69) is 15.6 Å². The van der Waals surface area contributed by atoms with Gasteiger partial charge in [0, 0.05) is 29.0 Å². The second kappa shape index (κ2) is 8.63. The lowest BCUT2D eigenvalue weighted by Gasteiger charge is -2.13. The molecule has 28 heavy (non-hydrogen) atoms. The molecule has 3 rings (SSSR count). The van der Waals surface area contributed by atoms with Crippen LogP contribution < -0.4 is 20.1 Å². The maximum absolute atomic E-state index is 12.6. The van der Waals surface area contributed by atoms with Crippen LogP contribution in [-0.2, 0) is 0 Å². The van der Waals surface area contributed by atoms with Crippen LogP contribution in [0.4, 0.5) is 17.1 Å². The van der Waals surface area contributed by atoms with Crippen LogP contribution in [0.15, 0.2) is 54.9 Å². The summed E-state index contributed by atoms with van der Waals surface area (Å²) in [6.07, 6.45) is 3.14. The van der Waals surface area contributed by atoms with Crippen LogP contribution in [0.2, 0.25) is 5.02 Å². The summed E-state index contributed by atoms with van der Waals surface area (Å²) in [7, 11) is 3.15. The van der Waals surface area contributed by atoms with E-state index in [0.29, 0.717) is 33.5 Å². The summed E-state index contributed by atoms with van der Waals surface area (Å²) in [5, 5.41) is 6.67. The lowest BCUT2D eigenvalue weighted by Crippen LogP contribution is -2.12. The molecule has 2 N–H and O–H groups in total. The first-order chi connectivity index (χ1) is 13.5. The molecule has 0 unspecified atom stereocenters. The van der Waals surface area contributed by atoms with Gasteiger partial charge in [-0.25, -0.2) is 0 Å². The molecule has 1 amide bonds. The molecule has 0 fully saturated rings. The van der Waals surface area contributed by atoms with Crippen molar-refractivity contribution in [1.82, 2.24) is 4.98 Å². The first-order valence-corrected chi connectivity index (χ1v) is 8.89. The molecular formula is C21H20ClN3O3. The van der Waals surface area contributed by atoms with Crippen molar-refractivity contribution in [3.05, 3.63) is 71.0 Å². The smallest absolute Gasteiger partial charge is 0.257 e. The molecule has 3 aromatic rings. The highest BCUT2D eigenvalue weighted by Gasteiger charge is 2.11. The number of nitrogens with one attached hydrogen (secondary N) is 2. The summed E-state index contributed by atoms with van der Waals surface area (Å²) in [6.45, 7) is 1.91. The van der Waals surface area contributed by atoms with Gasteiger partial charge in [0.1, 0.15) is 11.5 Å². The van der Waals surface area contributed by atoms with E-state index < -0.39 is 0 Å². The maximum atomic E-state index is 12.6. The number of benzene rings is 2. The Balaban J connectivity index is 1.80. The number of hydrogen-bond acceptors (Lipinski definition) is 5. The number of anilines is 3. The molecule has 6 nitrogen and oxygen atoms in total. The number of aromatic nitrogens is 1. The van der Waals surface area contributed by atoms with Crippen molar-refractivity contribution in [3.8, 4) is 11.5 Å². The number of ether oxygens (including phenoxy) is 2. The van der Waals surface area contributed by atoms with Gasteiger partial charge >= 0.3 is 0 Å². The van der Waals surface area contributed by atoms with Crippen LogP contribution in [0.5, 0.6) is 11.5 Å². The Labute approximate surface area is 168 Å². The molecule has 0 radical (unpaired) electrons. The fraction of sp³-hybridized carbons (Fsp3) is 0.143. The van der Waals surface area contributed by atoms with E-state index in [0.717, 1.165) is 11.3 Å². The number of rotatable bonds is 6. The summed E-state index contributed by atoms with van der Waals surface area (Å²) in [5.41, 5.74) is 3.34. The predicted molar refractivity (Wildman–Crippen MR) is 111 cm³/mol. The number of halogens is 1. The van der Waals surface area contributed by atoms with Gasteiger partial charge in [-0.05, 0) is 36.8 Å². The molecule has 1 aromatic heterocycles. The average molecular weight is 398 g/mol. The van der Waals surface area contributed by atoms with Crippen LogP contribution in [0.1, 0.15) is 15.9 Å². The van der Waals surface area contributed by atoms with Gasteiger partial charge in [0.05, 0.1) is 37.4 Å². The molecule has 7 heteroatoms. The SMILES string of the molecule is COc1cccc(NC(=O)c2cncc(Nc3cc(C)c(Cl)cc3OC)c2)c1. The molecule has 0 saturated heterocycles. The standard InChI is InChI=1S/C21H20ClN3O3/c1-13-7-19(20(28-3)10-18(13)22)24-16-8-14(11-23-12-16)21(26)25-15-5-4-6-17(9-15)27-2/h4-12,24H,1-3H3,(H,25,26). The Morgan fingerprint density at radius 3 is 2.61 bits per heavy atom. The second-order valence-electron chi connectivity index (χ2n) is 6.08. The molecular weight excluding hydrogens is 378 g/mol. The number of hydrogen-bond donors (Lipinski definition) is 2. The van der Waals surface area contributed by atoms with Crippen LogP contribution >= 0.6 is 11.6 Å². The van der Waals surface area contributed by atoms with Gasteiger partial charge < -0.3 is 20.1 Å². The van der Waals surface area contributed by atoms with Crippen LogP contribution in [0.3, 0.4) is 0 Å². The molecule has 0 aliphatic carbocycles. The highest BCUT2D eigenvalue weighted by atomic mass is 35.5. The minimum atomic E-state index is -0.274. The minimum Gasteiger partial charge on any atom is -0.497 e. The number of nitrogens with zero attached hydrogens (tertiary/aromatic N) is 1. The summed E-state index contributed by atoms with van der Waals surface area (Å²) < 4.78 is 10.5. The second-order valence-corrected chi connectivity index (χ2v) is 6.48. The average Bonchev–Trinajstić information content (AvgIpc) is 2.71. The normalized spacial score (nSPS) is 10.3. The zero-order valence-electron chi connectivity index (χ0n) is 15.7. The third kappa shape index (κ3) is 4.53. The van der Waals surface area contributed by atoms with Gasteiger partial charge in [0.2, 0.25) is 0 Å². The number of methoxy groups -OCH3 is 2. The van der Waals surface area contributed by atoms with Crippen molar-refractivity contribution in [1.29, 1.82) is 0 Å². The van der Waals surface area contributed by atoms with Gasteiger partial charge in [0.25, 0.3) is 5.91 Å². The van der Waals surface area contributed by atoms with E-state index >= 15 is 0 Å². The molecule has 0 atom stereocenters. The van der Waals surface area contributed by atoms with Crippen molar-refractivity contribution in [2.75, 3.05) is 24.9 Å². The van der Waals surface area contributed by atoms with Gasteiger partial charge in [-0.1, -0.05) is 17.7 Å². The van der Waals surface area contributed by atoms with E-state index in [-0.39, 0.29) is 5.91 Å². The van der Waals surface area contributed by atoms with E-state index in [9.17, 15) is 4.79 Å². The Kier molecular flexibility index (Phi) is 6.01. The number of carbonyl (C=O) groups excluding carboxylic acids is 1. The quantitative estimate of drug-likeness (QED) is 0.608. The lowest BCUT2D eigenvalue weighted by molar-refractivity contribution is 0.102. The van der Waals surface area contributed by atoms with Crippen molar-refractivity contribution in [3.63, 3.8) is 0 Å². The highest BCUT2D eigenvalue weighted by Crippen LogP contribution is 2.33. The Morgan fingerprint density at radius 1 is 1.04 bits per heavy atom. The first kappa shape index (κ1) is 19.5. The molecule has 0 saturated carbocycles. The van der Waals surface area contributed by atoms with Crippen LogP contribution in [0, 0.1) is 6.92 Å². The van der Waals surface area contributed by atoms with Gasteiger partial charge in [-0.3, -0.25) is 9.78 Å². The first-order valence-electron chi connectivity index (χ1n) is 8.52. The summed E-state index contributed by atoms with van der Waals surface area (Å²) in [6, 6.07) is 12.5. The van der Waals surface area contributed by atoms with Gasteiger partial charge in [-0.2, -0.15) is 0 Å². The van der Waals surface area contributed by atoms with Crippen molar-refractivity contribution in [2.24, 2.45) is 0 Å². The molecule has 144 valence electrons. The molecule has 0 bridgehead atoms. The largest absolute Gasteiger partial charge is 0.497 e. The Hall–Kier alpha value is -3.25. The van der Waals surface area contributed by atoms with Gasteiger partial charge in [0.15, 0.2) is 0 Å². The molecule has 0 spiro atoms. The highest BCUT2D eigenvalue weighted by molar-refractivity contribution is 6.31. The van der Waals surface area contributed by atoms with E-state index in [1.807, 2.05) is 19.1 Å². The predicted octanol–water partition coefficient (Wildman–Crippen LogP) is 5.06. The zero-order valence-corrected chi connectivity index (χ0v) is 16.5. The molecule has 0 aliphatic heterocycles. The van der Waals surface area contributed by atoms with E-state index in [4.69, 9.17) is 21.1 Å². The maximum Gasteiger partial charge on any atom is 0.257 e. The van der Waals surface area contributed by atoms with Crippen molar-refractivity contribution >= 4 is 34.6 Å². The third-order valence-electron chi connectivity index (χ3n) is 4.09. The van der Waals surface area contributed by atoms with E-state index in [1.54, 1.807) is 50.7 Å². The van der Waals surface area contributed by atoms with Crippen LogP contribution in [-0.4, -0.2) is 25.1 Å². The summed E-state index contributed by atoms with van der Waals surface area (Å²) in [4.78, 5) is 16.7. The molecule has 0 aliphatic rings. The zero-order chi connectivity index (χ0) is 20.1. The third-order valence-corrected chi connectivity index (χ3v) is 4.49. The topological polar surface area (TPSA) is 72.5 Å². The Bertz CT molecular complexity index is 1010. The fourth-order valence-electron chi connectivity index (χ4n) is 2.62. The number of amides is 1. The van der Waals surface area contributed by atoms with Crippen LogP contribution in [0.25, 0.3) is 0 Å². The Morgan fingerprint density at radius 2 is 1.86 bits per heavy atom. The van der Waals surface area contributed by atoms with Crippen molar-refractivity contribution < 1.29 is 14.3 Å². The summed E-state index contributed by atoms with van der Waals surface area (Å²) >= 11 is 6.15. The number of aryl methyl sites for hydroxylation is 1. The number of carbonyl (C=O) groups is 1. The lowest BCUT2D eigenvalue weighted by atomic mass is 10.2. The monoisotopic (exact) mass is 397 g/mol. The summed E-state index contributed by atoms with van der Waals surface area (Å²) in [5.74, 6) is 0.988. The number of pyridine rings is 1. The van der Waals surface area contributed by atoms with Gasteiger partial charge in [-0.15, -0.1) is 0 Å². The van der Waals surface area contributed by atoms with Crippen molar-refractivity contribution in [2.45, 2.75) is 6.92 Å². The molecule has 2 aromatic carbocycles. The van der Waals surface area contributed by atoms with E-state index in [1.165, 1.54) is 6.20 Å². The minimum absolute atomic E-state index is 0.274.